The maximum Gasteiger partial charge on any atom is 0.305 e. The highest BCUT2D eigenvalue weighted by Crippen LogP contribution is 2.18. The molecule has 1 N–H and O–H groups in total. The van der Waals surface area contributed by atoms with Crippen molar-refractivity contribution in [3.05, 3.63) is 0 Å². The van der Waals surface area contributed by atoms with Crippen molar-refractivity contribution in [2.24, 2.45) is 5.92 Å². The van der Waals surface area contributed by atoms with E-state index in [-0.39, 0.29) is 18.5 Å². The molecule has 0 heterocycles. The number of hydrogen-bond acceptors (Lipinski definition) is 7. The van der Waals surface area contributed by atoms with E-state index in [4.69, 9.17) is 18.9 Å². The van der Waals surface area contributed by atoms with Crippen molar-refractivity contribution in [1.29, 1.82) is 0 Å². The van der Waals surface area contributed by atoms with Crippen LogP contribution >= 0.6 is 0 Å². The summed E-state index contributed by atoms with van der Waals surface area (Å²) in [5.41, 5.74) is 0. The van der Waals surface area contributed by atoms with E-state index in [1.165, 1.54) is 167 Å². The van der Waals surface area contributed by atoms with Gasteiger partial charge in [-0.3, -0.25) is 9.59 Å². The molecule has 0 aromatic heterocycles. The van der Waals surface area contributed by atoms with Crippen LogP contribution in [0.5, 0.6) is 0 Å². The van der Waals surface area contributed by atoms with Gasteiger partial charge in [0.2, 0.25) is 5.91 Å². The zero-order valence-electron chi connectivity index (χ0n) is 39.5. The van der Waals surface area contributed by atoms with Crippen molar-refractivity contribution in [2.75, 3.05) is 59.9 Å². The summed E-state index contributed by atoms with van der Waals surface area (Å²) in [6, 6.07) is 0. The number of methoxy groups -OCH3 is 1. The predicted octanol–water partition coefficient (Wildman–Crippen LogP) is 13.5. The number of amides is 1. The zero-order valence-corrected chi connectivity index (χ0v) is 39.5. The van der Waals surface area contributed by atoms with Crippen molar-refractivity contribution in [3.8, 4) is 0 Å². The van der Waals surface area contributed by atoms with Gasteiger partial charge in [0, 0.05) is 26.7 Å². The molecule has 0 aliphatic heterocycles. The monoisotopic (exact) mass is 825 g/mol. The smallest absolute Gasteiger partial charge is 0.305 e. The number of carbonyl (C=O) groups is 2. The molecule has 8 nitrogen and oxygen atoms in total. The molecule has 0 aliphatic rings. The Kier molecular flexibility index (Phi) is 45.9. The van der Waals surface area contributed by atoms with Gasteiger partial charge < -0.3 is 29.2 Å². The minimum atomic E-state index is -0.0423. The third kappa shape index (κ3) is 42.9. The number of nitrogens with one attached hydrogen (secondary N) is 1. The molecular formula is C50H100N2O6. The Balaban J connectivity index is 4.21. The Morgan fingerprint density at radius 2 is 1.02 bits per heavy atom. The normalized spacial score (nSPS) is 12.2. The number of esters is 1. The molecule has 0 saturated heterocycles. The van der Waals surface area contributed by atoms with Crippen LogP contribution in [0, 0.1) is 5.92 Å². The lowest BCUT2D eigenvalue weighted by atomic mass is 10.0. The molecule has 0 radical (unpaired) electrons. The lowest BCUT2D eigenvalue weighted by molar-refractivity contribution is -0.145. The fourth-order valence-electron chi connectivity index (χ4n) is 7.74. The molecule has 0 bridgehead atoms. The molecule has 346 valence electrons. The van der Waals surface area contributed by atoms with Crippen LogP contribution in [0.2, 0.25) is 0 Å². The van der Waals surface area contributed by atoms with Gasteiger partial charge in [0.05, 0.1) is 12.7 Å². The summed E-state index contributed by atoms with van der Waals surface area (Å²) in [5, 5.41) is 2.97. The van der Waals surface area contributed by atoms with Crippen LogP contribution in [0.3, 0.4) is 0 Å². The van der Waals surface area contributed by atoms with Crippen molar-refractivity contribution >= 4 is 11.9 Å². The molecule has 0 rings (SSSR count). The van der Waals surface area contributed by atoms with Crippen LogP contribution in [0.15, 0.2) is 0 Å². The zero-order chi connectivity index (χ0) is 42.4. The number of hydrogen-bond donors (Lipinski definition) is 1. The number of ether oxygens (including phenoxy) is 4. The molecule has 1 atom stereocenters. The highest BCUT2D eigenvalue weighted by atomic mass is 16.7. The summed E-state index contributed by atoms with van der Waals surface area (Å²) in [4.78, 5) is 26.6. The van der Waals surface area contributed by atoms with E-state index in [1.54, 1.807) is 7.11 Å². The predicted molar refractivity (Wildman–Crippen MR) is 247 cm³/mol. The van der Waals surface area contributed by atoms with Gasteiger partial charge in [-0.25, -0.2) is 0 Å². The van der Waals surface area contributed by atoms with Crippen molar-refractivity contribution in [2.45, 2.75) is 246 Å². The first-order valence-corrected chi connectivity index (χ1v) is 25.3. The molecule has 0 fully saturated rings. The lowest BCUT2D eigenvalue weighted by Gasteiger charge is -2.22. The van der Waals surface area contributed by atoms with Gasteiger partial charge in [0.25, 0.3) is 0 Å². The highest BCUT2D eigenvalue weighted by Gasteiger charge is 2.11. The minimum absolute atomic E-state index is 0.0269. The molecular weight excluding hydrogens is 725 g/mol. The largest absolute Gasteiger partial charge is 0.465 e. The van der Waals surface area contributed by atoms with Crippen LogP contribution < -0.4 is 5.32 Å². The number of carbonyl (C=O) groups excluding carboxylic acids is 2. The Morgan fingerprint density at radius 3 is 1.57 bits per heavy atom. The quantitative estimate of drug-likeness (QED) is 0.0371. The summed E-state index contributed by atoms with van der Waals surface area (Å²) < 4.78 is 22.7. The molecule has 0 aliphatic carbocycles. The maximum absolute atomic E-state index is 12.2. The summed E-state index contributed by atoms with van der Waals surface area (Å²) in [5.74, 6) is 0.392. The first-order valence-electron chi connectivity index (χ1n) is 25.3. The maximum atomic E-state index is 12.2. The average Bonchev–Trinajstić information content (AvgIpc) is 3.22. The second-order valence-electron chi connectivity index (χ2n) is 17.5. The van der Waals surface area contributed by atoms with Crippen LogP contribution in [0.1, 0.15) is 240 Å². The molecule has 0 aromatic carbocycles. The van der Waals surface area contributed by atoms with E-state index in [0.717, 1.165) is 64.8 Å². The second-order valence-corrected chi connectivity index (χ2v) is 17.5. The number of rotatable bonds is 48. The van der Waals surface area contributed by atoms with Crippen LogP contribution in [-0.2, 0) is 28.5 Å². The van der Waals surface area contributed by atoms with E-state index in [2.05, 4.69) is 37.9 Å². The van der Waals surface area contributed by atoms with E-state index in [1.807, 2.05) is 0 Å². The van der Waals surface area contributed by atoms with E-state index in [0.29, 0.717) is 38.4 Å². The van der Waals surface area contributed by atoms with Gasteiger partial charge in [0.1, 0.15) is 13.4 Å². The van der Waals surface area contributed by atoms with Crippen LogP contribution in [0.4, 0.5) is 0 Å². The van der Waals surface area contributed by atoms with Crippen molar-refractivity contribution in [3.63, 3.8) is 0 Å². The van der Waals surface area contributed by atoms with Gasteiger partial charge >= 0.3 is 5.97 Å². The van der Waals surface area contributed by atoms with Crippen molar-refractivity contribution in [1.82, 2.24) is 10.2 Å². The third-order valence-electron chi connectivity index (χ3n) is 11.6. The molecule has 58 heavy (non-hydrogen) atoms. The summed E-state index contributed by atoms with van der Waals surface area (Å²) in [7, 11) is 1.56. The molecule has 8 heteroatoms. The van der Waals surface area contributed by atoms with Crippen LogP contribution in [0.25, 0.3) is 0 Å². The second kappa shape index (κ2) is 46.8. The molecule has 1 amide bonds. The Labute approximate surface area is 361 Å². The van der Waals surface area contributed by atoms with Gasteiger partial charge in [-0.05, 0) is 76.9 Å². The fraction of sp³-hybridized carbons (Fsp3) is 0.960. The van der Waals surface area contributed by atoms with Gasteiger partial charge in [-0.1, -0.05) is 182 Å². The minimum Gasteiger partial charge on any atom is -0.465 e. The first-order chi connectivity index (χ1) is 28.5. The fourth-order valence-corrected chi connectivity index (χ4v) is 7.74. The Bertz CT molecular complexity index is 829. The number of unbranched alkanes of at least 4 members (excludes halogenated alkanes) is 23. The van der Waals surface area contributed by atoms with Gasteiger partial charge in [0.15, 0.2) is 0 Å². The molecule has 0 spiro atoms. The molecule has 0 saturated carbocycles. The summed E-state index contributed by atoms with van der Waals surface area (Å²) in [6.45, 7) is 14.9. The average molecular weight is 825 g/mol. The standard InChI is InChI=1S/C50H100N2O6/c1-6-9-12-15-21-28-36-48(37-29-22-16-13-10-7-2)58-46-56-43-33-26-18-17-24-31-40-52(42-34-39-51-49(53)45-55-5)41-32-25-19-23-30-38-50(54)57-44-47(4)35-27-20-14-11-8-3/h47-48H,6-46H2,1-5H3,(H,51,53). The first kappa shape index (κ1) is 56.8. The highest BCUT2D eigenvalue weighted by molar-refractivity contribution is 5.77. The summed E-state index contributed by atoms with van der Waals surface area (Å²) in [6.07, 6.45) is 40.8. The lowest BCUT2D eigenvalue weighted by Crippen LogP contribution is -2.32. The van der Waals surface area contributed by atoms with E-state index < -0.39 is 0 Å². The summed E-state index contributed by atoms with van der Waals surface area (Å²) >= 11 is 0. The van der Waals surface area contributed by atoms with Crippen LogP contribution in [-0.4, -0.2) is 82.8 Å². The molecule has 1 unspecified atom stereocenters. The Morgan fingerprint density at radius 1 is 0.552 bits per heavy atom. The Hall–Kier alpha value is -1.22. The van der Waals surface area contributed by atoms with E-state index in [9.17, 15) is 9.59 Å². The van der Waals surface area contributed by atoms with Gasteiger partial charge in [-0.2, -0.15) is 0 Å². The topological polar surface area (TPSA) is 86.3 Å². The van der Waals surface area contributed by atoms with Gasteiger partial charge in [-0.15, -0.1) is 0 Å². The number of nitrogens with zero attached hydrogens (tertiary/aromatic N) is 1. The van der Waals surface area contributed by atoms with Crippen molar-refractivity contribution < 1.29 is 28.5 Å². The molecule has 0 aromatic rings. The van der Waals surface area contributed by atoms with E-state index >= 15 is 0 Å². The SMILES string of the molecule is CCCCCCCCC(CCCCCCCC)OCOCCCCCCCCN(CCCCCCCC(=O)OCC(C)CCCCCCC)CCCNC(=O)COC. The third-order valence-corrected chi connectivity index (χ3v) is 11.6.